The molecule has 2 heterocycles. The third kappa shape index (κ3) is 4.16. The lowest BCUT2D eigenvalue weighted by molar-refractivity contribution is -0.122. The van der Waals surface area contributed by atoms with Crippen LogP contribution in [0.1, 0.15) is 12.6 Å². The number of nitrogens with zero attached hydrogens (tertiary/aromatic N) is 4. The molecule has 0 saturated heterocycles. The third-order valence-corrected chi connectivity index (χ3v) is 2.34. The molecule has 20 heavy (non-hydrogen) atoms. The second kappa shape index (κ2) is 6.41. The van der Waals surface area contributed by atoms with Crippen LogP contribution < -0.4 is 10.6 Å². The fraction of sp³-hybridized carbons (Fsp3) is 0.250. The lowest BCUT2D eigenvalue weighted by Crippen LogP contribution is -2.27. The van der Waals surface area contributed by atoms with Crippen molar-refractivity contribution in [2.45, 2.75) is 20.0 Å². The summed E-state index contributed by atoms with van der Waals surface area (Å²) in [5, 5.41) is 12.7. The average molecular weight is 274 g/mol. The van der Waals surface area contributed by atoms with Gasteiger partial charge in [-0.2, -0.15) is 0 Å². The Morgan fingerprint density at radius 1 is 1.35 bits per heavy atom. The summed E-state index contributed by atoms with van der Waals surface area (Å²) >= 11 is 0. The van der Waals surface area contributed by atoms with Crippen molar-refractivity contribution in [3.8, 4) is 0 Å². The number of pyridine rings is 1. The third-order valence-electron chi connectivity index (χ3n) is 2.34. The van der Waals surface area contributed by atoms with Crippen molar-refractivity contribution in [2.24, 2.45) is 0 Å². The summed E-state index contributed by atoms with van der Waals surface area (Å²) in [6.07, 6.45) is 3.15. The van der Waals surface area contributed by atoms with E-state index in [4.69, 9.17) is 0 Å². The number of hydrogen-bond donors (Lipinski definition) is 2. The second-order valence-corrected chi connectivity index (χ2v) is 4.08. The molecule has 2 N–H and O–H groups in total. The van der Waals surface area contributed by atoms with Crippen LogP contribution in [0.15, 0.2) is 30.6 Å². The number of carbonyl (C=O) groups excluding carboxylic acids is 2. The van der Waals surface area contributed by atoms with Crippen molar-refractivity contribution in [3.05, 3.63) is 36.3 Å². The molecule has 8 heteroatoms. The molecule has 2 amide bonds. The Kier molecular flexibility index (Phi) is 4.38. The SMILES string of the molecule is CC(=O)Nc1cn(CC(=O)NCc2ccccn2)nn1. The highest BCUT2D eigenvalue weighted by atomic mass is 16.2. The average Bonchev–Trinajstić information content (AvgIpc) is 2.84. The van der Waals surface area contributed by atoms with Crippen molar-refractivity contribution in [1.29, 1.82) is 0 Å². The topological polar surface area (TPSA) is 102 Å². The molecular formula is C12H14N6O2. The summed E-state index contributed by atoms with van der Waals surface area (Å²) in [6, 6.07) is 5.49. The van der Waals surface area contributed by atoms with Gasteiger partial charge in [0.05, 0.1) is 18.4 Å². The van der Waals surface area contributed by atoms with Crippen LogP contribution in [0.5, 0.6) is 0 Å². The Bertz CT molecular complexity index is 595. The molecule has 0 atom stereocenters. The predicted molar refractivity (Wildman–Crippen MR) is 70.4 cm³/mol. The standard InChI is InChI=1S/C12H14N6O2/c1-9(19)15-11-7-18(17-16-11)8-12(20)14-6-10-4-2-3-5-13-10/h2-5,7H,6,8H2,1H3,(H,14,20)(H,15,19). The number of anilines is 1. The van der Waals surface area contributed by atoms with Crippen molar-refractivity contribution < 1.29 is 9.59 Å². The lowest BCUT2D eigenvalue weighted by atomic mass is 10.3. The number of hydrogen-bond acceptors (Lipinski definition) is 5. The predicted octanol–water partition coefficient (Wildman–Crippen LogP) is -0.0521. The van der Waals surface area contributed by atoms with E-state index < -0.39 is 0 Å². The monoisotopic (exact) mass is 274 g/mol. The minimum Gasteiger partial charge on any atom is -0.349 e. The van der Waals surface area contributed by atoms with E-state index in [1.54, 1.807) is 6.20 Å². The van der Waals surface area contributed by atoms with Crippen LogP contribution in [0.4, 0.5) is 5.82 Å². The summed E-state index contributed by atoms with van der Waals surface area (Å²) < 4.78 is 1.35. The summed E-state index contributed by atoms with van der Waals surface area (Å²) in [4.78, 5) is 26.6. The quantitative estimate of drug-likeness (QED) is 0.795. The first-order valence-corrected chi connectivity index (χ1v) is 5.98. The van der Waals surface area contributed by atoms with Crippen molar-refractivity contribution in [3.63, 3.8) is 0 Å². The Balaban J connectivity index is 1.82. The summed E-state index contributed by atoms with van der Waals surface area (Å²) in [6.45, 7) is 1.75. The Labute approximate surface area is 115 Å². The van der Waals surface area contributed by atoms with Gasteiger partial charge in [0.2, 0.25) is 11.8 Å². The van der Waals surface area contributed by atoms with E-state index in [0.29, 0.717) is 12.4 Å². The minimum atomic E-state index is -0.239. The van der Waals surface area contributed by atoms with Crippen molar-refractivity contribution in [2.75, 3.05) is 5.32 Å². The second-order valence-electron chi connectivity index (χ2n) is 4.08. The van der Waals surface area contributed by atoms with Gasteiger partial charge in [-0.05, 0) is 12.1 Å². The van der Waals surface area contributed by atoms with Gasteiger partial charge in [-0.1, -0.05) is 11.3 Å². The Morgan fingerprint density at radius 2 is 2.20 bits per heavy atom. The van der Waals surface area contributed by atoms with Gasteiger partial charge in [0.1, 0.15) is 6.54 Å². The maximum absolute atomic E-state index is 11.7. The van der Waals surface area contributed by atoms with Gasteiger partial charge in [-0.25, -0.2) is 4.68 Å². The summed E-state index contributed by atoms with van der Waals surface area (Å²) in [5.41, 5.74) is 0.776. The molecule has 8 nitrogen and oxygen atoms in total. The molecule has 0 aliphatic heterocycles. The maximum Gasteiger partial charge on any atom is 0.242 e. The lowest BCUT2D eigenvalue weighted by Gasteiger charge is -2.04. The van der Waals surface area contributed by atoms with Crippen LogP contribution >= 0.6 is 0 Å². The van der Waals surface area contributed by atoms with E-state index in [0.717, 1.165) is 5.69 Å². The van der Waals surface area contributed by atoms with Crippen LogP contribution in [0.25, 0.3) is 0 Å². The van der Waals surface area contributed by atoms with E-state index in [2.05, 4.69) is 25.9 Å². The van der Waals surface area contributed by atoms with E-state index in [1.165, 1.54) is 17.8 Å². The van der Waals surface area contributed by atoms with E-state index in [9.17, 15) is 9.59 Å². The Morgan fingerprint density at radius 3 is 2.90 bits per heavy atom. The molecule has 2 aromatic rings. The van der Waals surface area contributed by atoms with Crippen LogP contribution in [0.3, 0.4) is 0 Å². The van der Waals surface area contributed by atoms with E-state index in [1.807, 2.05) is 18.2 Å². The van der Waals surface area contributed by atoms with Gasteiger partial charge in [-0.3, -0.25) is 14.6 Å². The minimum absolute atomic E-state index is 0.0272. The van der Waals surface area contributed by atoms with E-state index in [-0.39, 0.29) is 18.4 Å². The number of nitrogens with one attached hydrogen (secondary N) is 2. The molecule has 2 rings (SSSR count). The van der Waals surface area contributed by atoms with Crippen LogP contribution in [-0.4, -0.2) is 31.8 Å². The van der Waals surface area contributed by atoms with Gasteiger partial charge in [0.15, 0.2) is 5.82 Å². The summed E-state index contributed by atoms with van der Waals surface area (Å²) in [7, 11) is 0. The maximum atomic E-state index is 11.7. The van der Waals surface area contributed by atoms with Crippen molar-refractivity contribution >= 4 is 17.6 Å². The zero-order chi connectivity index (χ0) is 14.4. The number of aromatic nitrogens is 4. The Hall–Kier alpha value is -2.77. The summed E-state index contributed by atoms with van der Waals surface area (Å²) in [5.74, 6) is -0.137. The number of amides is 2. The molecule has 0 radical (unpaired) electrons. The molecule has 0 unspecified atom stereocenters. The molecule has 0 spiro atoms. The van der Waals surface area contributed by atoms with Crippen LogP contribution in [0.2, 0.25) is 0 Å². The molecule has 0 saturated carbocycles. The molecule has 0 aliphatic rings. The van der Waals surface area contributed by atoms with Gasteiger partial charge in [0.25, 0.3) is 0 Å². The van der Waals surface area contributed by atoms with E-state index >= 15 is 0 Å². The number of rotatable bonds is 5. The molecule has 0 aromatic carbocycles. The largest absolute Gasteiger partial charge is 0.349 e. The van der Waals surface area contributed by atoms with Gasteiger partial charge >= 0.3 is 0 Å². The molecular weight excluding hydrogens is 260 g/mol. The normalized spacial score (nSPS) is 10.1. The zero-order valence-electron chi connectivity index (χ0n) is 10.9. The molecule has 2 aromatic heterocycles. The first-order valence-electron chi connectivity index (χ1n) is 5.98. The van der Waals surface area contributed by atoms with Gasteiger partial charge in [0, 0.05) is 13.1 Å². The highest BCUT2D eigenvalue weighted by molar-refractivity contribution is 5.87. The first-order chi connectivity index (χ1) is 9.63. The van der Waals surface area contributed by atoms with Crippen molar-refractivity contribution in [1.82, 2.24) is 25.3 Å². The van der Waals surface area contributed by atoms with Gasteiger partial charge < -0.3 is 10.6 Å². The first kappa shape index (κ1) is 13.7. The molecule has 0 bridgehead atoms. The fourth-order valence-corrected chi connectivity index (χ4v) is 1.51. The molecule has 104 valence electrons. The van der Waals surface area contributed by atoms with Gasteiger partial charge in [-0.15, -0.1) is 5.10 Å². The highest BCUT2D eigenvalue weighted by Crippen LogP contribution is 1.99. The smallest absolute Gasteiger partial charge is 0.242 e. The molecule has 0 aliphatic carbocycles. The molecule has 0 fully saturated rings. The highest BCUT2D eigenvalue weighted by Gasteiger charge is 2.06. The number of carbonyl (C=O) groups is 2. The van der Waals surface area contributed by atoms with Crippen LogP contribution in [-0.2, 0) is 22.7 Å². The van der Waals surface area contributed by atoms with Crippen LogP contribution in [0, 0.1) is 0 Å². The zero-order valence-corrected chi connectivity index (χ0v) is 10.9. The fourth-order valence-electron chi connectivity index (χ4n) is 1.51.